The number of benzene rings is 2. The second-order valence-electron chi connectivity index (χ2n) is 9.12. The van der Waals surface area contributed by atoms with Gasteiger partial charge < -0.3 is 19.4 Å². The molecule has 1 aliphatic rings. The Hall–Kier alpha value is -2.53. The SMILES string of the molecule is COc1ccccc1N1CC[NH+]([C@@H](C)C(=O)N(Cc2ccccc2)C(C)(C)C)CC1. The minimum absolute atomic E-state index is 0.0623. The van der Waals surface area contributed by atoms with Crippen molar-refractivity contribution in [1.29, 1.82) is 0 Å². The van der Waals surface area contributed by atoms with Crippen molar-refractivity contribution in [2.75, 3.05) is 38.2 Å². The van der Waals surface area contributed by atoms with Crippen molar-refractivity contribution in [3.05, 3.63) is 60.2 Å². The van der Waals surface area contributed by atoms with Gasteiger partial charge in [-0.2, -0.15) is 0 Å². The summed E-state index contributed by atoms with van der Waals surface area (Å²) in [5.74, 6) is 1.14. The molecule has 0 aliphatic carbocycles. The molecule has 0 unspecified atom stereocenters. The van der Waals surface area contributed by atoms with E-state index in [2.05, 4.69) is 50.8 Å². The molecule has 3 rings (SSSR count). The summed E-state index contributed by atoms with van der Waals surface area (Å²) in [5, 5.41) is 0. The molecular formula is C25H36N3O2+. The largest absolute Gasteiger partial charge is 0.495 e. The number of nitrogens with one attached hydrogen (secondary N) is 1. The van der Waals surface area contributed by atoms with Gasteiger partial charge in [0.15, 0.2) is 6.04 Å². The molecule has 1 heterocycles. The summed E-state index contributed by atoms with van der Waals surface area (Å²) < 4.78 is 5.53. The van der Waals surface area contributed by atoms with Crippen LogP contribution in [-0.2, 0) is 11.3 Å². The van der Waals surface area contributed by atoms with Gasteiger partial charge in [0.05, 0.1) is 39.0 Å². The molecule has 0 aromatic heterocycles. The highest BCUT2D eigenvalue weighted by atomic mass is 16.5. The zero-order valence-corrected chi connectivity index (χ0v) is 19.0. The highest BCUT2D eigenvalue weighted by Crippen LogP contribution is 2.27. The van der Waals surface area contributed by atoms with Gasteiger partial charge in [-0.1, -0.05) is 42.5 Å². The van der Waals surface area contributed by atoms with Crippen LogP contribution in [0.4, 0.5) is 5.69 Å². The van der Waals surface area contributed by atoms with Crippen molar-refractivity contribution in [2.45, 2.75) is 45.8 Å². The maximum Gasteiger partial charge on any atom is 0.281 e. The number of methoxy groups -OCH3 is 1. The molecule has 1 fully saturated rings. The van der Waals surface area contributed by atoms with Crippen LogP contribution in [0, 0.1) is 0 Å². The van der Waals surface area contributed by atoms with E-state index in [1.807, 2.05) is 41.3 Å². The normalized spacial score (nSPS) is 16.2. The molecule has 0 bridgehead atoms. The minimum Gasteiger partial charge on any atom is -0.495 e. The van der Waals surface area contributed by atoms with Crippen molar-refractivity contribution in [3.63, 3.8) is 0 Å². The highest BCUT2D eigenvalue weighted by Gasteiger charge is 2.36. The third-order valence-electron chi connectivity index (χ3n) is 6.07. The molecule has 1 aliphatic heterocycles. The lowest BCUT2D eigenvalue weighted by molar-refractivity contribution is -0.915. The summed E-state index contributed by atoms with van der Waals surface area (Å²) in [6.45, 7) is 12.8. The summed E-state index contributed by atoms with van der Waals surface area (Å²) in [5.41, 5.74) is 2.09. The number of piperazine rings is 1. The lowest BCUT2D eigenvalue weighted by Gasteiger charge is -2.41. The molecular weight excluding hydrogens is 374 g/mol. The highest BCUT2D eigenvalue weighted by molar-refractivity contribution is 5.81. The van der Waals surface area contributed by atoms with Crippen LogP contribution >= 0.6 is 0 Å². The number of quaternary nitrogens is 1. The van der Waals surface area contributed by atoms with Crippen LogP contribution < -0.4 is 14.5 Å². The molecule has 2 aromatic rings. The zero-order valence-electron chi connectivity index (χ0n) is 19.0. The Morgan fingerprint density at radius 1 is 1.07 bits per heavy atom. The van der Waals surface area contributed by atoms with Crippen molar-refractivity contribution >= 4 is 11.6 Å². The first-order valence-electron chi connectivity index (χ1n) is 10.9. The molecule has 5 heteroatoms. The van der Waals surface area contributed by atoms with E-state index in [0.717, 1.165) is 37.6 Å². The summed E-state index contributed by atoms with van der Waals surface area (Å²) in [7, 11) is 1.72. The average Bonchev–Trinajstić information content (AvgIpc) is 2.76. The first-order valence-corrected chi connectivity index (χ1v) is 10.9. The van der Waals surface area contributed by atoms with Crippen LogP contribution in [-0.4, -0.2) is 55.7 Å². The average molecular weight is 411 g/mol. The van der Waals surface area contributed by atoms with Gasteiger partial charge in [-0.3, -0.25) is 4.79 Å². The van der Waals surface area contributed by atoms with Crippen LogP contribution in [0.15, 0.2) is 54.6 Å². The standard InChI is InChI=1S/C25H35N3O2/c1-20(24(29)28(25(2,3)4)19-21-11-7-6-8-12-21)26-15-17-27(18-16-26)22-13-9-10-14-23(22)30-5/h6-14,20H,15-19H2,1-5H3/p+1/t20-/m0/s1. The number of para-hydroxylation sites is 2. The third-order valence-corrected chi connectivity index (χ3v) is 6.07. The fraction of sp³-hybridized carbons (Fsp3) is 0.480. The number of hydrogen-bond acceptors (Lipinski definition) is 3. The molecule has 1 saturated heterocycles. The van der Waals surface area contributed by atoms with Crippen LogP contribution in [0.1, 0.15) is 33.3 Å². The maximum absolute atomic E-state index is 13.5. The molecule has 0 radical (unpaired) electrons. The van der Waals surface area contributed by atoms with E-state index in [-0.39, 0.29) is 17.5 Å². The number of anilines is 1. The molecule has 0 saturated carbocycles. The van der Waals surface area contributed by atoms with E-state index in [0.29, 0.717) is 6.54 Å². The van der Waals surface area contributed by atoms with Gasteiger partial charge in [-0.15, -0.1) is 0 Å². The van der Waals surface area contributed by atoms with Gasteiger partial charge >= 0.3 is 0 Å². The Labute approximate surface area is 181 Å². The number of amides is 1. The predicted octanol–water partition coefficient (Wildman–Crippen LogP) is 2.62. The number of carbonyl (C=O) groups excluding carboxylic acids is 1. The lowest BCUT2D eigenvalue weighted by Crippen LogP contribution is -3.19. The van der Waals surface area contributed by atoms with Gasteiger partial charge in [-0.25, -0.2) is 0 Å². The summed E-state index contributed by atoms with van der Waals surface area (Å²) in [4.78, 5) is 19.3. The lowest BCUT2D eigenvalue weighted by atomic mass is 10.0. The molecule has 30 heavy (non-hydrogen) atoms. The Morgan fingerprint density at radius 2 is 1.67 bits per heavy atom. The molecule has 1 N–H and O–H groups in total. The van der Waals surface area contributed by atoms with Crippen molar-refractivity contribution < 1.29 is 14.4 Å². The quantitative estimate of drug-likeness (QED) is 0.796. The van der Waals surface area contributed by atoms with Crippen LogP contribution in [0.25, 0.3) is 0 Å². The van der Waals surface area contributed by atoms with Crippen molar-refractivity contribution in [1.82, 2.24) is 4.90 Å². The van der Waals surface area contributed by atoms with Crippen molar-refractivity contribution in [2.24, 2.45) is 0 Å². The Morgan fingerprint density at radius 3 is 2.27 bits per heavy atom. The number of carbonyl (C=O) groups is 1. The fourth-order valence-corrected chi connectivity index (χ4v) is 4.18. The first kappa shape index (κ1) is 22.2. The molecule has 162 valence electrons. The van der Waals surface area contributed by atoms with Crippen LogP contribution in [0.3, 0.4) is 0 Å². The summed E-state index contributed by atoms with van der Waals surface area (Å²) in [6.07, 6.45) is 0. The Bertz CT molecular complexity index is 824. The molecule has 2 aromatic carbocycles. The molecule has 0 spiro atoms. The van der Waals surface area contributed by atoms with Crippen LogP contribution in [0.2, 0.25) is 0 Å². The number of nitrogens with zero attached hydrogens (tertiary/aromatic N) is 2. The first-order chi connectivity index (χ1) is 14.3. The number of ether oxygens (including phenoxy) is 1. The van der Waals surface area contributed by atoms with Crippen LogP contribution in [0.5, 0.6) is 5.75 Å². The molecule has 5 nitrogen and oxygen atoms in total. The number of rotatable bonds is 6. The van der Waals surface area contributed by atoms with E-state index in [4.69, 9.17) is 4.74 Å². The van der Waals surface area contributed by atoms with Crippen molar-refractivity contribution in [3.8, 4) is 5.75 Å². The van der Waals surface area contributed by atoms with E-state index in [1.165, 1.54) is 10.5 Å². The minimum atomic E-state index is -0.222. The second kappa shape index (κ2) is 9.52. The van der Waals surface area contributed by atoms with Gasteiger partial charge in [-0.05, 0) is 45.4 Å². The topological polar surface area (TPSA) is 37.2 Å². The second-order valence-corrected chi connectivity index (χ2v) is 9.12. The van der Waals surface area contributed by atoms with E-state index in [9.17, 15) is 4.79 Å². The van der Waals surface area contributed by atoms with E-state index >= 15 is 0 Å². The molecule has 1 amide bonds. The van der Waals surface area contributed by atoms with Gasteiger partial charge in [0, 0.05) is 12.1 Å². The van der Waals surface area contributed by atoms with E-state index in [1.54, 1.807) is 7.11 Å². The van der Waals surface area contributed by atoms with Gasteiger partial charge in [0.1, 0.15) is 5.75 Å². The maximum atomic E-state index is 13.5. The third kappa shape index (κ3) is 5.14. The Balaban J connectivity index is 1.66. The van der Waals surface area contributed by atoms with Gasteiger partial charge in [0.2, 0.25) is 0 Å². The monoisotopic (exact) mass is 410 g/mol. The smallest absolute Gasteiger partial charge is 0.281 e. The number of hydrogen-bond donors (Lipinski definition) is 1. The predicted molar refractivity (Wildman–Crippen MR) is 122 cm³/mol. The summed E-state index contributed by atoms with van der Waals surface area (Å²) >= 11 is 0. The summed E-state index contributed by atoms with van der Waals surface area (Å²) in [6, 6.07) is 18.4. The molecule has 1 atom stereocenters. The van der Waals surface area contributed by atoms with Gasteiger partial charge in [0.25, 0.3) is 5.91 Å². The Kier molecular flexibility index (Phi) is 7.03. The van der Waals surface area contributed by atoms with E-state index < -0.39 is 0 Å². The fourth-order valence-electron chi connectivity index (χ4n) is 4.18. The zero-order chi connectivity index (χ0) is 21.7.